The molecule has 2 aromatic heterocycles. The summed E-state index contributed by atoms with van der Waals surface area (Å²) >= 11 is 0. The zero-order valence-electron chi connectivity index (χ0n) is 11.0. The van der Waals surface area contributed by atoms with E-state index in [2.05, 4.69) is 9.97 Å². The molecular weight excluding hydrogens is 224 g/mol. The smallest absolute Gasteiger partial charge is 0.127 e. The molecule has 0 amide bonds. The fourth-order valence-corrected chi connectivity index (χ4v) is 1.83. The van der Waals surface area contributed by atoms with Crippen LogP contribution in [0.25, 0.3) is 0 Å². The fourth-order valence-electron chi connectivity index (χ4n) is 1.83. The molecule has 0 radical (unpaired) electrons. The van der Waals surface area contributed by atoms with Gasteiger partial charge in [0.2, 0.25) is 0 Å². The van der Waals surface area contributed by atoms with Crippen LogP contribution in [0.2, 0.25) is 0 Å². The maximum absolute atomic E-state index is 6.23. The van der Waals surface area contributed by atoms with Crippen LogP contribution in [0.1, 0.15) is 22.9 Å². The minimum Gasteiger partial charge on any atom is -0.363 e. The Labute approximate surface area is 107 Å². The van der Waals surface area contributed by atoms with E-state index in [9.17, 15) is 0 Å². The van der Waals surface area contributed by atoms with Crippen LogP contribution in [0, 0.1) is 6.92 Å². The van der Waals surface area contributed by atoms with Crippen LogP contribution in [-0.4, -0.2) is 24.1 Å². The standard InChI is InChI=1S/C14H18N4/c1-10-5-4-8-16-14(10)13(15)11-6-7-12(17-9-11)18(2)3/h4-9,13H,15H2,1-3H3. The number of rotatable bonds is 3. The average molecular weight is 242 g/mol. The van der Waals surface area contributed by atoms with E-state index in [1.165, 1.54) is 0 Å². The van der Waals surface area contributed by atoms with Crippen LogP contribution in [0.3, 0.4) is 0 Å². The van der Waals surface area contributed by atoms with Crippen molar-refractivity contribution >= 4 is 5.82 Å². The molecule has 0 spiro atoms. The molecule has 2 heterocycles. The van der Waals surface area contributed by atoms with Gasteiger partial charge in [-0.1, -0.05) is 12.1 Å². The fraction of sp³-hybridized carbons (Fsp3) is 0.286. The first-order chi connectivity index (χ1) is 8.59. The van der Waals surface area contributed by atoms with E-state index in [-0.39, 0.29) is 6.04 Å². The number of aromatic nitrogens is 2. The van der Waals surface area contributed by atoms with E-state index >= 15 is 0 Å². The Morgan fingerprint density at radius 1 is 1.17 bits per heavy atom. The molecule has 18 heavy (non-hydrogen) atoms. The molecule has 0 aliphatic heterocycles. The van der Waals surface area contributed by atoms with Gasteiger partial charge in [-0.3, -0.25) is 4.98 Å². The molecular formula is C14H18N4. The monoisotopic (exact) mass is 242 g/mol. The minimum absolute atomic E-state index is 0.227. The van der Waals surface area contributed by atoms with Crippen molar-refractivity contribution < 1.29 is 0 Å². The highest BCUT2D eigenvalue weighted by atomic mass is 15.1. The number of pyridine rings is 2. The molecule has 0 saturated heterocycles. The lowest BCUT2D eigenvalue weighted by Gasteiger charge is -2.15. The first-order valence-electron chi connectivity index (χ1n) is 5.90. The van der Waals surface area contributed by atoms with Crippen LogP contribution in [0.4, 0.5) is 5.82 Å². The van der Waals surface area contributed by atoms with Crippen molar-refractivity contribution in [2.75, 3.05) is 19.0 Å². The Morgan fingerprint density at radius 3 is 2.50 bits per heavy atom. The van der Waals surface area contributed by atoms with Crippen LogP contribution in [0.15, 0.2) is 36.7 Å². The highest BCUT2D eigenvalue weighted by Gasteiger charge is 2.13. The second kappa shape index (κ2) is 5.14. The summed E-state index contributed by atoms with van der Waals surface area (Å²) < 4.78 is 0. The van der Waals surface area contributed by atoms with E-state index in [4.69, 9.17) is 5.73 Å². The van der Waals surface area contributed by atoms with Gasteiger partial charge in [-0.25, -0.2) is 4.98 Å². The summed E-state index contributed by atoms with van der Waals surface area (Å²) in [6.45, 7) is 2.02. The molecule has 1 unspecified atom stereocenters. The summed E-state index contributed by atoms with van der Waals surface area (Å²) in [6, 6.07) is 7.67. The highest BCUT2D eigenvalue weighted by molar-refractivity contribution is 5.39. The molecule has 0 bridgehead atoms. The van der Waals surface area contributed by atoms with Crippen molar-refractivity contribution in [2.24, 2.45) is 5.73 Å². The Bertz CT molecular complexity index is 520. The number of aryl methyl sites for hydroxylation is 1. The molecule has 0 fully saturated rings. The van der Waals surface area contributed by atoms with Gasteiger partial charge in [-0.15, -0.1) is 0 Å². The predicted molar refractivity (Wildman–Crippen MR) is 73.6 cm³/mol. The van der Waals surface area contributed by atoms with Gasteiger partial charge in [0, 0.05) is 26.5 Å². The third-order valence-corrected chi connectivity index (χ3v) is 2.93. The van der Waals surface area contributed by atoms with E-state index in [0.29, 0.717) is 0 Å². The topological polar surface area (TPSA) is 55.0 Å². The van der Waals surface area contributed by atoms with Crippen molar-refractivity contribution in [3.63, 3.8) is 0 Å². The number of nitrogens with two attached hydrogens (primary N) is 1. The Morgan fingerprint density at radius 2 is 1.94 bits per heavy atom. The van der Waals surface area contributed by atoms with E-state index in [1.54, 1.807) is 6.20 Å². The summed E-state index contributed by atoms with van der Waals surface area (Å²) in [6.07, 6.45) is 3.58. The molecule has 94 valence electrons. The Hall–Kier alpha value is -1.94. The maximum Gasteiger partial charge on any atom is 0.127 e. The van der Waals surface area contributed by atoms with Gasteiger partial charge in [0.05, 0.1) is 11.7 Å². The SMILES string of the molecule is Cc1cccnc1C(N)c1ccc(N(C)C)nc1. The third-order valence-electron chi connectivity index (χ3n) is 2.93. The largest absolute Gasteiger partial charge is 0.363 e. The van der Waals surface area contributed by atoms with Gasteiger partial charge < -0.3 is 10.6 Å². The van der Waals surface area contributed by atoms with Gasteiger partial charge in [0.25, 0.3) is 0 Å². The zero-order chi connectivity index (χ0) is 13.1. The summed E-state index contributed by atoms with van der Waals surface area (Å²) in [5, 5.41) is 0. The van der Waals surface area contributed by atoms with Crippen LogP contribution >= 0.6 is 0 Å². The maximum atomic E-state index is 6.23. The molecule has 0 aliphatic rings. The van der Waals surface area contributed by atoms with Crippen LogP contribution in [-0.2, 0) is 0 Å². The zero-order valence-corrected chi connectivity index (χ0v) is 11.0. The summed E-state index contributed by atoms with van der Waals surface area (Å²) in [4.78, 5) is 10.7. The van der Waals surface area contributed by atoms with Crippen molar-refractivity contribution in [2.45, 2.75) is 13.0 Å². The van der Waals surface area contributed by atoms with Gasteiger partial charge >= 0.3 is 0 Å². The quantitative estimate of drug-likeness (QED) is 0.893. The normalized spacial score (nSPS) is 12.2. The number of anilines is 1. The van der Waals surface area contributed by atoms with Crippen molar-refractivity contribution in [1.82, 2.24) is 9.97 Å². The van der Waals surface area contributed by atoms with Crippen molar-refractivity contribution in [1.29, 1.82) is 0 Å². The summed E-state index contributed by atoms with van der Waals surface area (Å²) in [5.41, 5.74) is 9.20. The molecule has 2 aromatic rings. The first kappa shape index (κ1) is 12.5. The van der Waals surface area contributed by atoms with Gasteiger partial charge in [-0.2, -0.15) is 0 Å². The number of hydrogen-bond acceptors (Lipinski definition) is 4. The number of hydrogen-bond donors (Lipinski definition) is 1. The minimum atomic E-state index is -0.227. The van der Waals surface area contributed by atoms with Gasteiger partial charge in [0.15, 0.2) is 0 Å². The predicted octanol–water partition coefficient (Wildman–Crippen LogP) is 1.90. The van der Waals surface area contributed by atoms with E-state index in [0.717, 1.165) is 22.6 Å². The van der Waals surface area contributed by atoms with E-state index in [1.807, 2.05) is 56.4 Å². The highest BCUT2D eigenvalue weighted by Crippen LogP contribution is 2.21. The molecule has 1 atom stereocenters. The molecule has 2 rings (SSSR count). The van der Waals surface area contributed by atoms with Crippen LogP contribution < -0.4 is 10.6 Å². The lowest BCUT2D eigenvalue weighted by Crippen LogP contribution is -2.16. The Balaban J connectivity index is 2.29. The number of nitrogens with zero attached hydrogens (tertiary/aromatic N) is 3. The van der Waals surface area contributed by atoms with Gasteiger partial charge in [-0.05, 0) is 30.2 Å². The second-order valence-corrected chi connectivity index (χ2v) is 4.53. The molecule has 2 N–H and O–H groups in total. The molecule has 0 aromatic carbocycles. The average Bonchev–Trinajstić information content (AvgIpc) is 2.38. The summed E-state index contributed by atoms with van der Waals surface area (Å²) in [7, 11) is 3.93. The van der Waals surface area contributed by atoms with Crippen molar-refractivity contribution in [3.8, 4) is 0 Å². The van der Waals surface area contributed by atoms with Crippen molar-refractivity contribution in [3.05, 3.63) is 53.5 Å². The second-order valence-electron chi connectivity index (χ2n) is 4.53. The molecule has 4 nitrogen and oxygen atoms in total. The summed E-state index contributed by atoms with van der Waals surface area (Å²) in [5.74, 6) is 0.920. The lowest BCUT2D eigenvalue weighted by molar-refractivity contribution is 0.811. The lowest BCUT2D eigenvalue weighted by atomic mass is 10.0. The molecule has 0 aliphatic carbocycles. The van der Waals surface area contributed by atoms with Crippen LogP contribution in [0.5, 0.6) is 0 Å². The third kappa shape index (κ3) is 2.49. The molecule has 4 heteroatoms. The van der Waals surface area contributed by atoms with Gasteiger partial charge in [0.1, 0.15) is 5.82 Å². The Kier molecular flexibility index (Phi) is 3.58. The van der Waals surface area contributed by atoms with E-state index < -0.39 is 0 Å². The first-order valence-corrected chi connectivity index (χ1v) is 5.90. The molecule has 0 saturated carbocycles.